The lowest BCUT2D eigenvalue weighted by molar-refractivity contribution is -0.130. The standard InChI is InChI=1S/C12H11N3O2S/c1-8-7-14-12(18-17-9(2)16)15-11(8)10-5-3-4-6-13-10/h3-7H,1-2H3. The first-order valence-corrected chi connectivity index (χ1v) is 6.01. The van der Waals surface area contributed by atoms with E-state index in [1.54, 1.807) is 12.4 Å². The van der Waals surface area contributed by atoms with Gasteiger partial charge in [0.05, 0.1) is 11.4 Å². The Balaban J connectivity index is 2.30. The van der Waals surface area contributed by atoms with Crippen LogP contribution in [0.4, 0.5) is 0 Å². The Labute approximate surface area is 109 Å². The lowest BCUT2D eigenvalue weighted by atomic mass is 10.2. The largest absolute Gasteiger partial charge is 0.383 e. The second-order valence-corrected chi connectivity index (χ2v) is 4.26. The van der Waals surface area contributed by atoms with Crippen molar-refractivity contribution in [3.05, 3.63) is 36.2 Å². The van der Waals surface area contributed by atoms with Crippen LogP contribution in [0, 0.1) is 6.92 Å². The molecule has 0 saturated carbocycles. The molecule has 5 nitrogen and oxygen atoms in total. The van der Waals surface area contributed by atoms with Crippen LogP contribution < -0.4 is 0 Å². The van der Waals surface area contributed by atoms with Crippen molar-refractivity contribution in [2.24, 2.45) is 0 Å². The summed E-state index contributed by atoms with van der Waals surface area (Å²) in [6, 6.07) is 5.60. The van der Waals surface area contributed by atoms with Crippen LogP contribution in [0.25, 0.3) is 11.4 Å². The minimum atomic E-state index is -0.386. The third kappa shape index (κ3) is 3.04. The maximum absolute atomic E-state index is 10.7. The fraction of sp³-hybridized carbons (Fsp3) is 0.167. The van der Waals surface area contributed by atoms with Gasteiger partial charge in [0.2, 0.25) is 5.16 Å². The minimum absolute atomic E-state index is 0.386. The van der Waals surface area contributed by atoms with Crippen molar-refractivity contribution >= 4 is 18.0 Å². The Hall–Kier alpha value is -1.95. The zero-order chi connectivity index (χ0) is 13.0. The Bertz CT molecular complexity index is 561. The van der Waals surface area contributed by atoms with Crippen LogP contribution >= 0.6 is 12.0 Å². The van der Waals surface area contributed by atoms with Gasteiger partial charge in [-0.2, -0.15) is 0 Å². The lowest BCUT2D eigenvalue weighted by Crippen LogP contribution is -1.97. The molecule has 18 heavy (non-hydrogen) atoms. The normalized spacial score (nSPS) is 10.1. The summed E-state index contributed by atoms with van der Waals surface area (Å²) in [5, 5.41) is 0.386. The molecule has 0 spiro atoms. The van der Waals surface area contributed by atoms with Gasteiger partial charge in [-0.25, -0.2) is 9.97 Å². The van der Waals surface area contributed by atoms with Gasteiger partial charge in [0, 0.05) is 19.3 Å². The first kappa shape index (κ1) is 12.5. The molecule has 0 atom stereocenters. The average molecular weight is 261 g/mol. The molecular formula is C12H11N3O2S. The minimum Gasteiger partial charge on any atom is -0.383 e. The smallest absolute Gasteiger partial charge is 0.315 e. The molecule has 0 unspecified atom stereocenters. The van der Waals surface area contributed by atoms with Crippen LogP contribution in [-0.4, -0.2) is 20.9 Å². The molecular weight excluding hydrogens is 250 g/mol. The number of nitrogens with zero attached hydrogens (tertiary/aromatic N) is 3. The van der Waals surface area contributed by atoms with Crippen LogP contribution in [0.15, 0.2) is 35.7 Å². The molecule has 0 aliphatic rings. The number of carbonyl (C=O) groups excluding carboxylic acids is 1. The topological polar surface area (TPSA) is 65.0 Å². The van der Waals surface area contributed by atoms with Crippen LogP contribution in [0.3, 0.4) is 0 Å². The van der Waals surface area contributed by atoms with Crippen LogP contribution in [0.1, 0.15) is 12.5 Å². The van der Waals surface area contributed by atoms with Gasteiger partial charge < -0.3 is 4.18 Å². The molecule has 0 N–H and O–H groups in total. The van der Waals surface area contributed by atoms with E-state index in [0.717, 1.165) is 29.0 Å². The number of carbonyl (C=O) groups is 1. The van der Waals surface area contributed by atoms with Crippen molar-refractivity contribution in [2.45, 2.75) is 19.0 Å². The molecule has 0 amide bonds. The average Bonchev–Trinajstić information content (AvgIpc) is 2.38. The highest BCUT2D eigenvalue weighted by Crippen LogP contribution is 2.22. The van der Waals surface area contributed by atoms with Crippen LogP contribution in [0.2, 0.25) is 0 Å². The van der Waals surface area contributed by atoms with Crippen LogP contribution in [0.5, 0.6) is 0 Å². The van der Waals surface area contributed by atoms with Crippen molar-refractivity contribution in [1.29, 1.82) is 0 Å². The molecule has 92 valence electrons. The van der Waals surface area contributed by atoms with E-state index in [1.807, 2.05) is 25.1 Å². The quantitative estimate of drug-likeness (QED) is 0.624. The summed E-state index contributed by atoms with van der Waals surface area (Å²) in [6.07, 6.45) is 3.39. The number of pyridine rings is 1. The molecule has 2 rings (SSSR count). The first-order chi connectivity index (χ1) is 8.66. The van der Waals surface area contributed by atoms with Crippen molar-refractivity contribution in [1.82, 2.24) is 15.0 Å². The number of aromatic nitrogens is 3. The Morgan fingerprint density at radius 3 is 2.83 bits per heavy atom. The Kier molecular flexibility index (Phi) is 3.88. The molecule has 2 aromatic rings. The maximum Gasteiger partial charge on any atom is 0.315 e. The molecule has 0 aliphatic carbocycles. The second-order valence-electron chi connectivity index (χ2n) is 3.56. The zero-order valence-corrected chi connectivity index (χ0v) is 10.8. The van der Waals surface area contributed by atoms with Crippen molar-refractivity contribution in [3.8, 4) is 11.4 Å². The Morgan fingerprint density at radius 2 is 2.17 bits per heavy atom. The second kappa shape index (κ2) is 5.59. The van der Waals surface area contributed by atoms with E-state index in [0.29, 0.717) is 5.16 Å². The molecule has 2 heterocycles. The highest BCUT2D eigenvalue weighted by molar-refractivity contribution is 7.94. The van der Waals surface area contributed by atoms with Crippen molar-refractivity contribution in [2.75, 3.05) is 0 Å². The molecule has 0 saturated heterocycles. The molecule has 0 radical (unpaired) electrons. The van der Waals surface area contributed by atoms with E-state index in [-0.39, 0.29) is 5.97 Å². The number of hydrogen-bond donors (Lipinski definition) is 0. The highest BCUT2D eigenvalue weighted by Gasteiger charge is 2.09. The third-order valence-electron chi connectivity index (χ3n) is 2.09. The first-order valence-electron chi connectivity index (χ1n) is 5.27. The fourth-order valence-corrected chi connectivity index (χ4v) is 1.74. The van der Waals surface area contributed by atoms with Crippen molar-refractivity contribution < 1.29 is 8.98 Å². The van der Waals surface area contributed by atoms with E-state index >= 15 is 0 Å². The van der Waals surface area contributed by atoms with E-state index in [1.165, 1.54) is 6.92 Å². The number of rotatable bonds is 3. The fourth-order valence-electron chi connectivity index (χ4n) is 1.32. The molecule has 0 fully saturated rings. The summed E-state index contributed by atoms with van der Waals surface area (Å²) in [5.74, 6) is -0.386. The lowest BCUT2D eigenvalue weighted by Gasteiger charge is -2.05. The van der Waals surface area contributed by atoms with Gasteiger partial charge in [0.25, 0.3) is 0 Å². The highest BCUT2D eigenvalue weighted by atomic mass is 32.2. The van der Waals surface area contributed by atoms with E-state index in [2.05, 4.69) is 15.0 Å². The summed E-state index contributed by atoms with van der Waals surface area (Å²) in [6.45, 7) is 3.24. The van der Waals surface area contributed by atoms with Crippen molar-refractivity contribution in [3.63, 3.8) is 0 Å². The van der Waals surface area contributed by atoms with Gasteiger partial charge in [-0.3, -0.25) is 9.78 Å². The van der Waals surface area contributed by atoms with Crippen LogP contribution in [-0.2, 0) is 8.98 Å². The van der Waals surface area contributed by atoms with Gasteiger partial charge in [0.1, 0.15) is 12.0 Å². The number of aryl methyl sites for hydroxylation is 1. The van der Waals surface area contributed by atoms with E-state index in [9.17, 15) is 4.79 Å². The van der Waals surface area contributed by atoms with Gasteiger partial charge in [-0.1, -0.05) is 6.07 Å². The summed E-state index contributed by atoms with van der Waals surface area (Å²) in [7, 11) is 0. The van der Waals surface area contributed by atoms with Gasteiger partial charge >= 0.3 is 5.97 Å². The summed E-state index contributed by atoms with van der Waals surface area (Å²) >= 11 is 0.847. The SMILES string of the molecule is CC(=O)OSc1ncc(C)c(-c2ccccn2)n1. The van der Waals surface area contributed by atoms with Gasteiger partial charge in [0.15, 0.2) is 0 Å². The third-order valence-corrected chi connectivity index (χ3v) is 2.75. The maximum atomic E-state index is 10.7. The van der Waals surface area contributed by atoms with Gasteiger partial charge in [-0.15, -0.1) is 0 Å². The monoisotopic (exact) mass is 261 g/mol. The summed E-state index contributed by atoms with van der Waals surface area (Å²) in [4.78, 5) is 23.4. The van der Waals surface area contributed by atoms with E-state index in [4.69, 9.17) is 4.18 Å². The van der Waals surface area contributed by atoms with E-state index < -0.39 is 0 Å². The molecule has 0 aromatic carbocycles. The zero-order valence-electron chi connectivity index (χ0n) is 9.95. The molecule has 0 aliphatic heterocycles. The molecule has 6 heteroatoms. The summed E-state index contributed by atoms with van der Waals surface area (Å²) < 4.78 is 4.79. The predicted molar refractivity (Wildman–Crippen MR) is 67.6 cm³/mol. The predicted octanol–water partition coefficient (Wildman–Crippen LogP) is 2.42. The number of hydrogen-bond acceptors (Lipinski definition) is 6. The molecule has 2 aromatic heterocycles. The summed E-state index contributed by atoms with van der Waals surface area (Å²) in [5.41, 5.74) is 2.42. The Morgan fingerprint density at radius 1 is 1.33 bits per heavy atom. The molecule has 0 bridgehead atoms. The van der Waals surface area contributed by atoms with Gasteiger partial charge in [-0.05, 0) is 24.6 Å².